The number of hydrogen-bond acceptors (Lipinski definition) is 3. The average molecular weight is 279 g/mol. The normalized spacial score (nSPS) is 25.1. The molecule has 1 aromatic carbocycles. The van der Waals surface area contributed by atoms with Gasteiger partial charge >= 0.3 is 0 Å². The smallest absolute Gasteiger partial charge is 0.227 e. The van der Waals surface area contributed by atoms with Gasteiger partial charge in [0.05, 0.1) is 17.4 Å². The van der Waals surface area contributed by atoms with Crippen molar-refractivity contribution in [3.8, 4) is 0 Å². The molecule has 0 spiro atoms. The standard InChI is InChI=1S/C14H17NO3S/c16-14(13-6-8-19(17,18)10-13)15-7-5-11-3-1-2-4-12(11)9-15/h1-4,13H,5-10H2/t13-/m0/s1. The minimum absolute atomic E-state index is 0.00979. The molecule has 2 aliphatic heterocycles. The number of benzene rings is 1. The highest BCUT2D eigenvalue weighted by molar-refractivity contribution is 7.91. The minimum atomic E-state index is -2.99. The highest BCUT2D eigenvalue weighted by atomic mass is 32.2. The first kappa shape index (κ1) is 12.7. The molecule has 1 aromatic rings. The Morgan fingerprint density at radius 1 is 1.21 bits per heavy atom. The van der Waals surface area contributed by atoms with E-state index in [1.807, 2.05) is 23.1 Å². The van der Waals surface area contributed by atoms with Crippen molar-refractivity contribution >= 4 is 15.7 Å². The van der Waals surface area contributed by atoms with Crippen LogP contribution in [0.3, 0.4) is 0 Å². The van der Waals surface area contributed by atoms with Gasteiger partial charge in [0.25, 0.3) is 0 Å². The van der Waals surface area contributed by atoms with Gasteiger partial charge in [-0.3, -0.25) is 4.79 Å². The van der Waals surface area contributed by atoms with Crippen LogP contribution in [0.1, 0.15) is 17.5 Å². The summed E-state index contributed by atoms with van der Waals surface area (Å²) in [5, 5.41) is 0. The van der Waals surface area contributed by atoms with Crippen LogP contribution < -0.4 is 0 Å². The number of amides is 1. The summed E-state index contributed by atoms with van der Waals surface area (Å²) in [5.41, 5.74) is 2.48. The topological polar surface area (TPSA) is 54.5 Å². The van der Waals surface area contributed by atoms with Crippen molar-refractivity contribution < 1.29 is 13.2 Å². The fourth-order valence-electron chi connectivity index (χ4n) is 2.93. The first-order valence-corrected chi connectivity index (χ1v) is 8.43. The maximum Gasteiger partial charge on any atom is 0.227 e. The van der Waals surface area contributed by atoms with E-state index in [4.69, 9.17) is 0 Å². The lowest BCUT2D eigenvalue weighted by molar-refractivity contribution is -0.135. The van der Waals surface area contributed by atoms with E-state index in [2.05, 4.69) is 6.07 Å². The summed E-state index contributed by atoms with van der Waals surface area (Å²) in [6.07, 6.45) is 1.35. The predicted octanol–water partition coefficient (Wildman–Crippen LogP) is 1.01. The molecule has 0 N–H and O–H groups in total. The van der Waals surface area contributed by atoms with Crippen LogP contribution in [0.25, 0.3) is 0 Å². The SMILES string of the molecule is O=C([C@H]1CCS(=O)(=O)C1)N1CCc2ccccc2C1. The molecular weight excluding hydrogens is 262 g/mol. The lowest BCUT2D eigenvalue weighted by Crippen LogP contribution is -2.40. The van der Waals surface area contributed by atoms with Gasteiger partial charge in [-0.25, -0.2) is 8.42 Å². The molecule has 2 aliphatic rings. The van der Waals surface area contributed by atoms with Gasteiger partial charge in [-0.15, -0.1) is 0 Å². The number of rotatable bonds is 1. The number of carbonyl (C=O) groups is 1. The molecule has 0 unspecified atom stereocenters. The molecule has 1 saturated heterocycles. The van der Waals surface area contributed by atoms with E-state index < -0.39 is 9.84 Å². The Bertz CT molecular complexity index is 609. The van der Waals surface area contributed by atoms with Gasteiger partial charge in [0, 0.05) is 13.1 Å². The summed E-state index contributed by atoms with van der Waals surface area (Å²) >= 11 is 0. The Morgan fingerprint density at radius 2 is 1.95 bits per heavy atom. The molecule has 19 heavy (non-hydrogen) atoms. The molecule has 3 rings (SSSR count). The van der Waals surface area contributed by atoms with Gasteiger partial charge in [0.1, 0.15) is 0 Å². The van der Waals surface area contributed by atoms with Crippen molar-refractivity contribution in [1.82, 2.24) is 4.90 Å². The molecule has 1 atom stereocenters. The van der Waals surface area contributed by atoms with Crippen LogP contribution in [0, 0.1) is 5.92 Å². The minimum Gasteiger partial charge on any atom is -0.338 e. The Kier molecular flexibility index (Phi) is 3.09. The van der Waals surface area contributed by atoms with E-state index in [1.54, 1.807) is 0 Å². The number of nitrogens with zero attached hydrogens (tertiary/aromatic N) is 1. The average Bonchev–Trinajstić information content (AvgIpc) is 2.78. The second-order valence-electron chi connectivity index (χ2n) is 5.38. The Morgan fingerprint density at radius 3 is 2.63 bits per heavy atom. The van der Waals surface area contributed by atoms with Crippen molar-refractivity contribution in [2.24, 2.45) is 5.92 Å². The van der Waals surface area contributed by atoms with Crippen molar-refractivity contribution in [2.45, 2.75) is 19.4 Å². The summed E-state index contributed by atoms with van der Waals surface area (Å²) in [4.78, 5) is 14.2. The lowest BCUT2D eigenvalue weighted by Gasteiger charge is -2.30. The fourth-order valence-corrected chi connectivity index (χ4v) is 4.66. The number of carbonyl (C=O) groups excluding carboxylic acids is 1. The summed E-state index contributed by atoms with van der Waals surface area (Å²) in [6, 6.07) is 8.13. The molecule has 0 radical (unpaired) electrons. The third-order valence-electron chi connectivity index (χ3n) is 4.02. The second-order valence-corrected chi connectivity index (χ2v) is 7.61. The van der Waals surface area contributed by atoms with Gasteiger partial charge in [-0.1, -0.05) is 24.3 Å². The molecule has 5 heteroatoms. The number of hydrogen-bond donors (Lipinski definition) is 0. The van der Waals surface area contributed by atoms with Crippen LogP contribution in [0.15, 0.2) is 24.3 Å². The van der Waals surface area contributed by atoms with E-state index in [0.717, 1.165) is 6.42 Å². The van der Waals surface area contributed by atoms with Crippen LogP contribution in [0.4, 0.5) is 0 Å². The predicted molar refractivity (Wildman–Crippen MR) is 72.3 cm³/mol. The van der Waals surface area contributed by atoms with Gasteiger partial charge in [-0.05, 0) is 24.0 Å². The molecule has 0 aliphatic carbocycles. The highest BCUT2D eigenvalue weighted by Gasteiger charge is 2.36. The van der Waals surface area contributed by atoms with Crippen LogP contribution in [-0.2, 0) is 27.6 Å². The van der Waals surface area contributed by atoms with E-state index in [0.29, 0.717) is 19.5 Å². The summed E-state index contributed by atoms with van der Waals surface area (Å²) in [6.45, 7) is 1.32. The van der Waals surface area contributed by atoms with Gasteiger partial charge in [0.15, 0.2) is 9.84 Å². The summed E-state index contributed by atoms with van der Waals surface area (Å²) in [5.74, 6) is -0.122. The molecule has 4 nitrogen and oxygen atoms in total. The largest absolute Gasteiger partial charge is 0.338 e. The Hall–Kier alpha value is -1.36. The van der Waals surface area contributed by atoms with Crippen molar-refractivity contribution in [2.75, 3.05) is 18.1 Å². The molecule has 102 valence electrons. The molecule has 0 saturated carbocycles. The van der Waals surface area contributed by atoms with Crippen molar-refractivity contribution in [3.05, 3.63) is 35.4 Å². The van der Waals surface area contributed by atoms with Crippen LogP contribution >= 0.6 is 0 Å². The summed E-state index contributed by atoms with van der Waals surface area (Å²) in [7, 11) is -2.99. The maximum atomic E-state index is 12.4. The zero-order valence-corrected chi connectivity index (χ0v) is 11.5. The van der Waals surface area contributed by atoms with Crippen LogP contribution in [0.2, 0.25) is 0 Å². The zero-order valence-electron chi connectivity index (χ0n) is 10.7. The van der Waals surface area contributed by atoms with E-state index in [1.165, 1.54) is 11.1 Å². The Balaban J connectivity index is 1.73. The maximum absolute atomic E-state index is 12.4. The first-order chi connectivity index (χ1) is 9.05. The van der Waals surface area contributed by atoms with E-state index in [-0.39, 0.29) is 23.3 Å². The molecule has 0 aromatic heterocycles. The van der Waals surface area contributed by atoms with Crippen molar-refractivity contribution in [3.63, 3.8) is 0 Å². The van der Waals surface area contributed by atoms with E-state index in [9.17, 15) is 13.2 Å². The quantitative estimate of drug-likeness (QED) is 0.771. The van der Waals surface area contributed by atoms with Gasteiger partial charge in [0.2, 0.25) is 5.91 Å². The first-order valence-electron chi connectivity index (χ1n) is 6.61. The number of sulfone groups is 1. The highest BCUT2D eigenvalue weighted by Crippen LogP contribution is 2.24. The monoisotopic (exact) mass is 279 g/mol. The van der Waals surface area contributed by atoms with Crippen molar-refractivity contribution in [1.29, 1.82) is 0 Å². The molecular formula is C14H17NO3S. The molecule has 0 bridgehead atoms. The van der Waals surface area contributed by atoms with Crippen LogP contribution in [-0.4, -0.2) is 37.3 Å². The Labute approximate surface area is 113 Å². The third kappa shape index (κ3) is 2.52. The van der Waals surface area contributed by atoms with E-state index >= 15 is 0 Å². The molecule has 1 fully saturated rings. The molecule has 2 heterocycles. The zero-order chi connectivity index (χ0) is 13.5. The second kappa shape index (κ2) is 4.63. The van der Waals surface area contributed by atoms with Gasteiger partial charge in [-0.2, -0.15) is 0 Å². The van der Waals surface area contributed by atoms with Gasteiger partial charge < -0.3 is 4.90 Å². The number of fused-ring (bicyclic) bond motifs is 1. The lowest BCUT2D eigenvalue weighted by atomic mass is 9.98. The third-order valence-corrected chi connectivity index (χ3v) is 5.79. The fraction of sp³-hybridized carbons (Fsp3) is 0.500. The van der Waals surface area contributed by atoms with Crippen LogP contribution in [0.5, 0.6) is 0 Å². The molecule has 1 amide bonds. The summed E-state index contributed by atoms with van der Waals surface area (Å²) < 4.78 is 22.9.